The van der Waals surface area contributed by atoms with Crippen LogP contribution in [-0.4, -0.2) is 11.2 Å². The Hall–Kier alpha value is -1.97. The fourth-order valence-corrected chi connectivity index (χ4v) is 2.24. The zero-order valence-electron chi connectivity index (χ0n) is 10.4. The van der Waals surface area contributed by atoms with Gasteiger partial charge in [0, 0.05) is 22.7 Å². The molecule has 0 aliphatic carbocycles. The van der Waals surface area contributed by atoms with Crippen molar-refractivity contribution < 1.29 is 0 Å². The number of hydrogen-bond donors (Lipinski definition) is 2. The summed E-state index contributed by atoms with van der Waals surface area (Å²) in [5.74, 6) is 0. The number of anilines is 1. The molecule has 20 heavy (non-hydrogen) atoms. The van der Waals surface area contributed by atoms with Crippen LogP contribution in [0.4, 0.5) is 5.69 Å². The fraction of sp³-hybridized carbons (Fsp3) is 0. The van der Waals surface area contributed by atoms with E-state index < -0.39 is 0 Å². The molecular formula is C15H11Cl2N3. The zero-order valence-corrected chi connectivity index (χ0v) is 11.9. The third-order valence-electron chi connectivity index (χ3n) is 2.94. The molecule has 1 heterocycles. The maximum absolute atomic E-state index is 5.94. The molecule has 0 saturated carbocycles. The van der Waals surface area contributed by atoms with E-state index in [0.29, 0.717) is 10.0 Å². The first-order valence-electron chi connectivity index (χ1n) is 6.04. The van der Waals surface area contributed by atoms with Gasteiger partial charge in [0.25, 0.3) is 0 Å². The lowest BCUT2D eigenvalue weighted by Gasteiger charge is -2.01. The zero-order chi connectivity index (χ0) is 13.9. The number of para-hydroxylation sites is 1. The van der Waals surface area contributed by atoms with Crippen LogP contribution in [0.1, 0.15) is 5.56 Å². The highest BCUT2D eigenvalue weighted by Gasteiger charge is 2.00. The summed E-state index contributed by atoms with van der Waals surface area (Å²) in [6.07, 6.45) is 3.69. The molecule has 0 amide bonds. The number of nitrogens with zero attached hydrogens (tertiary/aromatic N) is 1. The molecule has 2 N–H and O–H groups in total. The molecule has 0 fully saturated rings. The van der Waals surface area contributed by atoms with Crippen LogP contribution in [0.3, 0.4) is 0 Å². The standard InChI is InChI=1S/C15H11Cl2N3/c16-13-6-5-11(7-14(13)17)20-19-9-10-8-18-15-4-2-1-3-12(10)15/h1-9,18,20H/b19-9+. The Morgan fingerprint density at radius 1 is 1.05 bits per heavy atom. The van der Waals surface area contributed by atoms with Crippen LogP contribution in [0.2, 0.25) is 10.0 Å². The minimum atomic E-state index is 0.499. The number of aromatic amines is 1. The fourth-order valence-electron chi connectivity index (χ4n) is 1.94. The number of hydrazone groups is 1. The van der Waals surface area contributed by atoms with E-state index in [0.717, 1.165) is 22.2 Å². The largest absolute Gasteiger partial charge is 0.361 e. The SMILES string of the molecule is Clc1ccc(N/N=C/c2c[nH]c3ccccc23)cc1Cl. The molecule has 1 aromatic heterocycles. The highest BCUT2D eigenvalue weighted by molar-refractivity contribution is 6.42. The number of fused-ring (bicyclic) bond motifs is 1. The van der Waals surface area contributed by atoms with Crippen LogP contribution in [0.25, 0.3) is 10.9 Å². The van der Waals surface area contributed by atoms with Crippen molar-refractivity contribution in [2.45, 2.75) is 0 Å². The van der Waals surface area contributed by atoms with Crippen molar-refractivity contribution >= 4 is 46.0 Å². The van der Waals surface area contributed by atoms with E-state index in [1.165, 1.54) is 0 Å². The Morgan fingerprint density at radius 2 is 1.90 bits per heavy atom. The third kappa shape index (κ3) is 2.64. The number of rotatable bonds is 3. The molecule has 0 bridgehead atoms. The molecule has 0 atom stereocenters. The number of hydrogen-bond acceptors (Lipinski definition) is 2. The lowest BCUT2D eigenvalue weighted by molar-refractivity contribution is 1.35. The van der Waals surface area contributed by atoms with Crippen molar-refractivity contribution in [2.24, 2.45) is 5.10 Å². The third-order valence-corrected chi connectivity index (χ3v) is 3.68. The van der Waals surface area contributed by atoms with Crippen molar-refractivity contribution in [2.75, 3.05) is 5.43 Å². The van der Waals surface area contributed by atoms with Crippen molar-refractivity contribution in [3.05, 3.63) is 64.3 Å². The lowest BCUT2D eigenvalue weighted by Crippen LogP contribution is -1.90. The smallest absolute Gasteiger partial charge is 0.0613 e. The molecule has 0 saturated heterocycles. The van der Waals surface area contributed by atoms with E-state index in [1.54, 1.807) is 18.3 Å². The maximum Gasteiger partial charge on any atom is 0.0613 e. The predicted molar refractivity (Wildman–Crippen MR) is 86.0 cm³/mol. The van der Waals surface area contributed by atoms with Crippen LogP contribution in [0.15, 0.2) is 53.8 Å². The number of nitrogens with one attached hydrogen (secondary N) is 2. The highest BCUT2D eigenvalue weighted by Crippen LogP contribution is 2.25. The molecule has 3 nitrogen and oxygen atoms in total. The summed E-state index contributed by atoms with van der Waals surface area (Å²) < 4.78 is 0. The second-order valence-corrected chi connectivity index (χ2v) is 5.10. The molecule has 0 aliphatic rings. The first kappa shape index (κ1) is 13.0. The van der Waals surface area contributed by atoms with E-state index in [1.807, 2.05) is 36.5 Å². The average Bonchev–Trinajstić information content (AvgIpc) is 2.86. The Kier molecular flexibility index (Phi) is 3.63. The first-order chi connectivity index (χ1) is 9.74. The second-order valence-electron chi connectivity index (χ2n) is 4.29. The molecule has 0 radical (unpaired) electrons. The van der Waals surface area contributed by atoms with Gasteiger partial charge in [-0.1, -0.05) is 41.4 Å². The molecule has 2 aromatic carbocycles. The quantitative estimate of drug-likeness (QED) is 0.523. The van der Waals surface area contributed by atoms with Gasteiger partial charge in [0.2, 0.25) is 0 Å². The van der Waals surface area contributed by atoms with E-state index in [9.17, 15) is 0 Å². The van der Waals surface area contributed by atoms with Gasteiger partial charge >= 0.3 is 0 Å². The molecule has 5 heteroatoms. The van der Waals surface area contributed by atoms with Crippen molar-refractivity contribution in [3.8, 4) is 0 Å². The van der Waals surface area contributed by atoms with E-state index >= 15 is 0 Å². The number of halogens is 2. The predicted octanol–water partition coefficient (Wildman–Crippen LogP) is 4.92. The monoisotopic (exact) mass is 303 g/mol. The van der Waals surface area contributed by atoms with Gasteiger partial charge in [0.05, 0.1) is 21.9 Å². The molecule has 3 aromatic rings. The van der Waals surface area contributed by atoms with Crippen LogP contribution in [0.5, 0.6) is 0 Å². The molecule has 3 rings (SSSR count). The molecule has 0 aliphatic heterocycles. The number of H-pyrrole nitrogens is 1. The number of benzene rings is 2. The Bertz CT molecular complexity index is 778. The van der Waals surface area contributed by atoms with Crippen LogP contribution in [0, 0.1) is 0 Å². The summed E-state index contributed by atoms with van der Waals surface area (Å²) in [5.41, 5.74) is 5.82. The van der Waals surface area contributed by atoms with Gasteiger partial charge < -0.3 is 4.98 Å². The van der Waals surface area contributed by atoms with Gasteiger partial charge in [0.15, 0.2) is 0 Å². The second kappa shape index (κ2) is 5.57. The summed E-state index contributed by atoms with van der Waals surface area (Å²) in [6, 6.07) is 13.4. The summed E-state index contributed by atoms with van der Waals surface area (Å²) >= 11 is 11.8. The van der Waals surface area contributed by atoms with Crippen molar-refractivity contribution in [1.29, 1.82) is 0 Å². The van der Waals surface area contributed by atoms with Crippen LogP contribution >= 0.6 is 23.2 Å². The molecule has 0 unspecified atom stereocenters. The van der Waals surface area contributed by atoms with E-state index in [2.05, 4.69) is 15.5 Å². The van der Waals surface area contributed by atoms with Crippen molar-refractivity contribution in [3.63, 3.8) is 0 Å². The topological polar surface area (TPSA) is 40.2 Å². The lowest BCUT2D eigenvalue weighted by atomic mass is 10.2. The van der Waals surface area contributed by atoms with Gasteiger partial charge in [-0.15, -0.1) is 0 Å². The van der Waals surface area contributed by atoms with E-state index in [4.69, 9.17) is 23.2 Å². The van der Waals surface area contributed by atoms with Crippen LogP contribution in [-0.2, 0) is 0 Å². The first-order valence-corrected chi connectivity index (χ1v) is 6.80. The summed E-state index contributed by atoms with van der Waals surface area (Å²) in [7, 11) is 0. The minimum absolute atomic E-state index is 0.499. The maximum atomic E-state index is 5.94. The van der Waals surface area contributed by atoms with Crippen molar-refractivity contribution in [1.82, 2.24) is 4.98 Å². The van der Waals surface area contributed by atoms with Gasteiger partial charge in [-0.05, 0) is 24.3 Å². The molecular weight excluding hydrogens is 293 g/mol. The van der Waals surface area contributed by atoms with E-state index in [-0.39, 0.29) is 0 Å². The Balaban J connectivity index is 1.79. The van der Waals surface area contributed by atoms with Crippen LogP contribution < -0.4 is 5.43 Å². The highest BCUT2D eigenvalue weighted by atomic mass is 35.5. The summed E-state index contributed by atoms with van der Waals surface area (Å²) in [4.78, 5) is 3.20. The summed E-state index contributed by atoms with van der Waals surface area (Å²) in [6.45, 7) is 0. The summed E-state index contributed by atoms with van der Waals surface area (Å²) in [5, 5.41) is 6.36. The molecule has 0 spiro atoms. The van der Waals surface area contributed by atoms with Gasteiger partial charge in [-0.3, -0.25) is 5.43 Å². The average molecular weight is 304 g/mol. The van der Waals surface area contributed by atoms with Gasteiger partial charge in [-0.2, -0.15) is 5.10 Å². The Labute approximate surface area is 126 Å². The minimum Gasteiger partial charge on any atom is -0.361 e. The van der Waals surface area contributed by atoms with Gasteiger partial charge in [0.1, 0.15) is 0 Å². The normalized spacial score (nSPS) is 11.3. The molecule has 100 valence electrons. The Morgan fingerprint density at radius 3 is 2.75 bits per heavy atom. The number of aromatic nitrogens is 1. The van der Waals surface area contributed by atoms with Gasteiger partial charge in [-0.25, -0.2) is 0 Å².